The first-order chi connectivity index (χ1) is 17.1. The molecule has 0 bridgehead atoms. The molecule has 0 spiro atoms. The van der Waals surface area contributed by atoms with Crippen LogP contribution in [0, 0.1) is 0 Å². The van der Waals surface area contributed by atoms with Gasteiger partial charge in [-0.15, -0.1) is 10.2 Å². The molecule has 0 saturated heterocycles. The predicted molar refractivity (Wildman–Crippen MR) is 138 cm³/mol. The van der Waals surface area contributed by atoms with Gasteiger partial charge in [0.1, 0.15) is 0 Å². The van der Waals surface area contributed by atoms with E-state index in [2.05, 4.69) is 41.6 Å². The molecule has 0 aliphatic rings. The van der Waals surface area contributed by atoms with E-state index in [1.165, 1.54) is 18.0 Å². The van der Waals surface area contributed by atoms with E-state index in [0.717, 1.165) is 15.7 Å². The summed E-state index contributed by atoms with van der Waals surface area (Å²) in [6, 6.07) is 16.5. The summed E-state index contributed by atoms with van der Waals surface area (Å²) in [6.07, 6.45) is 4.75. The number of phenolic OH excluding ortho intramolecular Hbond substituents is 1. The maximum Gasteiger partial charge on any atom is 0.250 e. The first kappa shape index (κ1) is 24.4. The average molecular weight is 553 g/mol. The number of benzene rings is 2. The molecule has 2 heterocycles. The van der Waals surface area contributed by atoms with Gasteiger partial charge < -0.3 is 9.84 Å². The van der Waals surface area contributed by atoms with Crippen LogP contribution < -0.4 is 10.2 Å². The number of ether oxygens (including phenoxy) is 1. The van der Waals surface area contributed by atoms with E-state index in [-0.39, 0.29) is 17.4 Å². The van der Waals surface area contributed by atoms with Gasteiger partial charge in [-0.25, -0.2) is 5.43 Å². The monoisotopic (exact) mass is 552 g/mol. The van der Waals surface area contributed by atoms with Gasteiger partial charge in [-0.1, -0.05) is 33.8 Å². The highest BCUT2D eigenvalue weighted by Gasteiger charge is 2.17. The maximum atomic E-state index is 12.4. The van der Waals surface area contributed by atoms with E-state index in [1.54, 1.807) is 30.6 Å². The minimum atomic E-state index is -0.331. The van der Waals surface area contributed by atoms with Crippen molar-refractivity contribution in [1.82, 2.24) is 25.2 Å². The van der Waals surface area contributed by atoms with Gasteiger partial charge in [0.05, 0.1) is 18.6 Å². The molecule has 2 N–H and O–H groups in total. The normalized spacial score (nSPS) is 11.0. The summed E-state index contributed by atoms with van der Waals surface area (Å²) >= 11 is 4.69. The molecule has 0 fully saturated rings. The van der Waals surface area contributed by atoms with Gasteiger partial charge in [0.25, 0.3) is 5.91 Å². The highest BCUT2D eigenvalue weighted by Crippen LogP contribution is 2.29. The van der Waals surface area contributed by atoms with Crippen LogP contribution in [0.25, 0.3) is 17.1 Å². The second kappa shape index (κ2) is 11.6. The van der Waals surface area contributed by atoms with Gasteiger partial charge in [-0.05, 0) is 55.5 Å². The SMILES string of the molecule is CCOc1cccc(/C=N/NC(=O)CSc2nnc(-c3ccncc3)n2-c2ccc(Br)cc2)c1O. The summed E-state index contributed by atoms with van der Waals surface area (Å²) in [5.41, 5.74) is 4.61. The Morgan fingerprint density at radius 2 is 1.94 bits per heavy atom. The Bertz CT molecular complexity index is 1330. The molecular weight excluding hydrogens is 532 g/mol. The molecule has 0 unspecified atom stereocenters. The molecule has 0 radical (unpaired) electrons. The lowest BCUT2D eigenvalue weighted by atomic mass is 10.2. The fourth-order valence-corrected chi connectivity index (χ4v) is 4.13. The van der Waals surface area contributed by atoms with E-state index < -0.39 is 0 Å². The average Bonchev–Trinajstić information content (AvgIpc) is 3.30. The van der Waals surface area contributed by atoms with E-state index >= 15 is 0 Å². The van der Waals surface area contributed by atoms with Crippen molar-refractivity contribution in [2.75, 3.05) is 12.4 Å². The van der Waals surface area contributed by atoms with Crippen LogP contribution in [0.5, 0.6) is 11.5 Å². The Kier molecular flexibility index (Phi) is 8.11. The number of nitrogens with one attached hydrogen (secondary N) is 1. The molecule has 0 saturated carbocycles. The number of rotatable bonds is 9. The highest BCUT2D eigenvalue weighted by atomic mass is 79.9. The molecule has 0 aliphatic carbocycles. The number of hydrogen-bond donors (Lipinski definition) is 2. The van der Waals surface area contributed by atoms with Gasteiger partial charge in [0.15, 0.2) is 22.5 Å². The van der Waals surface area contributed by atoms with Crippen LogP contribution in [0.2, 0.25) is 0 Å². The number of aromatic nitrogens is 4. The maximum absolute atomic E-state index is 12.4. The molecular formula is C24H21BrN6O3S. The van der Waals surface area contributed by atoms with E-state index in [4.69, 9.17) is 4.74 Å². The number of para-hydroxylation sites is 1. The zero-order valence-electron chi connectivity index (χ0n) is 18.6. The lowest BCUT2D eigenvalue weighted by molar-refractivity contribution is -0.118. The molecule has 9 nitrogen and oxygen atoms in total. The van der Waals surface area contributed by atoms with Crippen LogP contribution >= 0.6 is 27.7 Å². The summed E-state index contributed by atoms with van der Waals surface area (Å²) in [5.74, 6) is 0.694. The number of hydrogen-bond acceptors (Lipinski definition) is 8. The largest absolute Gasteiger partial charge is 0.504 e. The third-order valence-electron chi connectivity index (χ3n) is 4.71. The van der Waals surface area contributed by atoms with Crippen molar-refractivity contribution in [1.29, 1.82) is 0 Å². The molecule has 35 heavy (non-hydrogen) atoms. The topological polar surface area (TPSA) is 115 Å². The second-order valence-corrected chi connectivity index (χ2v) is 8.92. The van der Waals surface area contributed by atoms with Crippen molar-refractivity contribution in [3.63, 3.8) is 0 Å². The number of nitrogens with zero attached hydrogens (tertiary/aromatic N) is 5. The van der Waals surface area contributed by atoms with Crippen LogP contribution in [-0.2, 0) is 4.79 Å². The molecule has 2 aromatic heterocycles. The Morgan fingerprint density at radius 1 is 1.17 bits per heavy atom. The van der Waals surface area contributed by atoms with E-state index in [0.29, 0.717) is 28.9 Å². The number of carbonyl (C=O) groups excluding carboxylic acids is 1. The van der Waals surface area contributed by atoms with E-state index in [1.807, 2.05) is 47.9 Å². The lowest BCUT2D eigenvalue weighted by Gasteiger charge is -2.10. The van der Waals surface area contributed by atoms with Crippen LogP contribution in [0.4, 0.5) is 0 Å². The van der Waals surface area contributed by atoms with Gasteiger partial charge in [0.2, 0.25) is 0 Å². The number of halogens is 1. The zero-order chi connectivity index (χ0) is 24.6. The molecule has 0 aliphatic heterocycles. The standard InChI is InChI=1S/C24H21BrN6O3S/c1-2-34-20-5-3-4-17(22(20)33)14-27-28-21(32)15-35-24-30-29-23(16-10-12-26-13-11-16)31(24)19-8-6-18(25)7-9-19/h3-14,33H,2,15H2,1H3,(H,28,32)/b27-14+. The molecule has 4 rings (SSSR count). The second-order valence-electron chi connectivity index (χ2n) is 7.06. The summed E-state index contributed by atoms with van der Waals surface area (Å²) in [6.45, 7) is 2.26. The van der Waals surface area contributed by atoms with Crippen LogP contribution in [-0.4, -0.2) is 49.3 Å². The van der Waals surface area contributed by atoms with Crippen LogP contribution in [0.1, 0.15) is 12.5 Å². The number of aromatic hydroxyl groups is 1. The fraction of sp³-hybridized carbons (Fsp3) is 0.125. The third kappa shape index (κ3) is 6.06. The first-order valence-electron chi connectivity index (χ1n) is 10.6. The van der Waals surface area contributed by atoms with Gasteiger partial charge >= 0.3 is 0 Å². The van der Waals surface area contributed by atoms with Gasteiger partial charge in [-0.2, -0.15) is 5.10 Å². The molecule has 4 aromatic rings. The van der Waals surface area contributed by atoms with Crippen molar-refractivity contribution in [2.45, 2.75) is 12.1 Å². The minimum absolute atomic E-state index is 0.0343. The highest BCUT2D eigenvalue weighted by molar-refractivity contribution is 9.10. The van der Waals surface area contributed by atoms with Crippen LogP contribution in [0.15, 0.2) is 81.7 Å². The van der Waals surface area contributed by atoms with Crippen molar-refractivity contribution in [2.24, 2.45) is 5.10 Å². The number of amides is 1. The lowest BCUT2D eigenvalue weighted by Crippen LogP contribution is -2.20. The Labute approximate surface area is 214 Å². The van der Waals surface area contributed by atoms with Crippen molar-refractivity contribution in [3.8, 4) is 28.6 Å². The Hall–Kier alpha value is -3.70. The molecule has 11 heteroatoms. The quantitative estimate of drug-likeness (QED) is 0.179. The van der Waals surface area contributed by atoms with Crippen molar-refractivity contribution in [3.05, 3.63) is 77.0 Å². The Morgan fingerprint density at radius 3 is 2.69 bits per heavy atom. The molecule has 1 amide bonds. The van der Waals surface area contributed by atoms with E-state index in [9.17, 15) is 9.90 Å². The van der Waals surface area contributed by atoms with Gasteiger partial charge in [0, 0.05) is 33.7 Å². The summed E-state index contributed by atoms with van der Waals surface area (Å²) < 4.78 is 8.19. The molecule has 2 aromatic carbocycles. The Balaban J connectivity index is 1.47. The van der Waals surface area contributed by atoms with Crippen molar-refractivity contribution < 1.29 is 14.6 Å². The number of carbonyl (C=O) groups is 1. The summed E-state index contributed by atoms with van der Waals surface area (Å²) in [4.78, 5) is 16.5. The zero-order valence-corrected chi connectivity index (χ0v) is 21.0. The number of thioether (sulfide) groups is 1. The van der Waals surface area contributed by atoms with Gasteiger partial charge in [-0.3, -0.25) is 14.3 Å². The summed E-state index contributed by atoms with van der Waals surface area (Å²) in [7, 11) is 0. The first-order valence-corrected chi connectivity index (χ1v) is 12.4. The smallest absolute Gasteiger partial charge is 0.250 e. The molecule has 0 atom stereocenters. The van der Waals surface area contributed by atoms with Crippen LogP contribution in [0.3, 0.4) is 0 Å². The predicted octanol–water partition coefficient (Wildman–Crippen LogP) is 4.44. The fourth-order valence-electron chi connectivity index (χ4n) is 3.13. The summed E-state index contributed by atoms with van der Waals surface area (Å²) in [5, 5.41) is 23.4. The molecule has 178 valence electrons. The number of pyridine rings is 1. The minimum Gasteiger partial charge on any atom is -0.504 e. The van der Waals surface area contributed by atoms with Crippen molar-refractivity contribution >= 4 is 39.8 Å². The number of hydrazone groups is 1. The number of phenols is 1. The third-order valence-corrected chi connectivity index (χ3v) is 6.17.